The van der Waals surface area contributed by atoms with Crippen LogP contribution in [0.5, 0.6) is 0 Å². The Labute approximate surface area is 113 Å². The average molecular weight is 256 g/mol. The van der Waals surface area contributed by atoms with E-state index in [-0.39, 0.29) is 11.0 Å². The fourth-order valence-corrected chi connectivity index (χ4v) is 3.21. The van der Waals surface area contributed by atoms with Crippen molar-refractivity contribution in [3.05, 3.63) is 46.2 Å². The number of para-hydroxylation sites is 1. The SMILES string of the molecule is CCn1c(=O)c(C2(CN)CCC2)cc2ccccc21. The lowest BCUT2D eigenvalue weighted by atomic mass is 9.64. The van der Waals surface area contributed by atoms with Crippen molar-refractivity contribution in [3.63, 3.8) is 0 Å². The first kappa shape index (κ1) is 12.4. The highest BCUT2D eigenvalue weighted by Gasteiger charge is 2.39. The normalized spacial score (nSPS) is 17.4. The Kier molecular flexibility index (Phi) is 2.94. The van der Waals surface area contributed by atoms with Gasteiger partial charge in [-0.15, -0.1) is 0 Å². The minimum atomic E-state index is -0.0714. The molecule has 1 aliphatic rings. The van der Waals surface area contributed by atoms with Gasteiger partial charge in [0.2, 0.25) is 0 Å². The molecule has 1 aromatic heterocycles. The van der Waals surface area contributed by atoms with Crippen LogP contribution < -0.4 is 11.3 Å². The molecule has 100 valence electrons. The zero-order valence-electron chi connectivity index (χ0n) is 11.4. The molecule has 0 aliphatic heterocycles. The number of nitrogens with zero attached hydrogens (tertiary/aromatic N) is 1. The van der Waals surface area contributed by atoms with Crippen molar-refractivity contribution in [1.82, 2.24) is 4.57 Å². The fraction of sp³-hybridized carbons (Fsp3) is 0.438. The van der Waals surface area contributed by atoms with Crippen LogP contribution in [-0.4, -0.2) is 11.1 Å². The maximum Gasteiger partial charge on any atom is 0.254 e. The molecule has 2 N–H and O–H groups in total. The lowest BCUT2D eigenvalue weighted by Gasteiger charge is -2.41. The van der Waals surface area contributed by atoms with Gasteiger partial charge in [0.25, 0.3) is 5.56 Å². The topological polar surface area (TPSA) is 48.0 Å². The first-order chi connectivity index (χ1) is 9.22. The number of aryl methyl sites for hydroxylation is 1. The zero-order valence-corrected chi connectivity index (χ0v) is 11.4. The van der Waals surface area contributed by atoms with Crippen LogP contribution in [0, 0.1) is 0 Å². The van der Waals surface area contributed by atoms with Crippen LogP contribution in [0.4, 0.5) is 0 Å². The van der Waals surface area contributed by atoms with Gasteiger partial charge in [-0.05, 0) is 37.3 Å². The molecule has 3 heteroatoms. The van der Waals surface area contributed by atoms with Gasteiger partial charge in [0.05, 0.1) is 5.52 Å². The minimum absolute atomic E-state index is 0.0714. The highest BCUT2D eigenvalue weighted by Crippen LogP contribution is 2.42. The van der Waals surface area contributed by atoms with Crippen LogP contribution in [0.3, 0.4) is 0 Å². The van der Waals surface area contributed by atoms with Gasteiger partial charge >= 0.3 is 0 Å². The van der Waals surface area contributed by atoms with E-state index in [1.807, 2.05) is 29.7 Å². The highest BCUT2D eigenvalue weighted by atomic mass is 16.1. The van der Waals surface area contributed by atoms with Gasteiger partial charge in [-0.1, -0.05) is 24.6 Å². The molecule has 3 rings (SSSR count). The van der Waals surface area contributed by atoms with Crippen LogP contribution in [-0.2, 0) is 12.0 Å². The van der Waals surface area contributed by atoms with E-state index in [1.54, 1.807) is 0 Å². The van der Waals surface area contributed by atoms with Gasteiger partial charge in [-0.25, -0.2) is 0 Å². The Bertz CT molecular complexity index is 662. The highest BCUT2D eigenvalue weighted by molar-refractivity contribution is 5.80. The Balaban J connectivity index is 2.32. The molecule has 1 fully saturated rings. The Morgan fingerprint density at radius 2 is 2.05 bits per heavy atom. The number of hydrogen-bond acceptors (Lipinski definition) is 2. The molecule has 0 spiro atoms. The summed E-state index contributed by atoms with van der Waals surface area (Å²) in [5, 5.41) is 1.14. The molecular weight excluding hydrogens is 236 g/mol. The summed E-state index contributed by atoms with van der Waals surface area (Å²) in [6, 6.07) is 10.2. The van der Waals surface area contributed by atoms with Crippen LogP contribution in [0.25, 0.3) is 10.9 Å². The van der Waals surface area contributed by atoms with E-state index < -0.39 is 0 Å². The van der Waals surface area contributed by atoms with Crippen molar-refractivity contribution in [3.8, 4) is 0 Å². The molecule has 1 saturated carbocycles. The smallest absolute Gasteiger partial charge is 0.254 e. The van der Waals surface area contributed by atoms with E-state index in [1.165, 1.54) is 6.42 Å². The Morgan fingerprint density at radius 1 is 1.32 bits per heavy atom. The van der Waals surface area contributed by atoms with Crippen LogP contribution in [0.2, 0.25) is 0 Å². The van der Waals surface area contributed by atoms with Gasteiger partial charge in [-0.3, -0.25) is 4.79 Å². The van der Waals surface area contributed by atoms with Crippen molar-refractivity contribution in [2.75, 3.05) is 6.54 Å². The van der Waals surface area contributed by atoms with Crippen molar-refractivity contribution in [1.29, 1.82) is 0 Å². The standard InChI is InChI=1S/C16H20N2O/c1-2-18-14-7-4-3-6-12(14)10-13(15(18)19)16(11-17)8-5-9-16/h3-4,6-7,10H,2,5,8-9,11,17H2,1H3. The second kappa shape index (κ2) is 4.49. The van der Waals surface area contributed by atoms with Gasteiger partial charge in [-0.2, -0.15) is 0 Å². The number of nitrogens with two attached hydrogens (primary N) is 1. The largest absolute Gasteiger partial charge is 0.330 e. The molecule has 1 aliphatic carbocycles. The van der Waals surface area contributed by atoms with E-state index in [9.17, 15) is 4.79 Å². The van der Waals surface area contributed by atoms with E-state index in [0.29, 0.717) is 13.1 Å². The summed E-state index contributed by atoms with van der Waals surface area (Å²) < 4.78 is 1.88. The molecular formula is C16H20N2O. The third-order valence-corrected chi connectivity index (χ3v) is 4.59. The summed E-state index contributed by atoms with van der Waals surface area (Å²) in [5.41, 5.74) is 7.97. The van der Waals surface area contributed by atoms with E-state index in [4.69, 9.17) is 5.73 Å². The van der Waals surface area contributed by atoms with Crippen molar-refractivity contribution in [2.24, 2.45) is 5.73 Å². The molecule has 0 unspecified atom stereocenters. The van der Waals surface area contributed by atoms with E-state index in [2.05, 4.69) is 12.1 Å². The molecule has 0 atom stereocenters. The lowest BCUT2D eigenvalue weighted by Crippen LogP contribution is -2.46. The average Bonchev–Trinajstić information content (AvgIpc) is 2.39. The summed E-state index contributed by atoms with van der Waals surface area (Å²) in [6.07, 6.45) is 3.26. The van der Waals surface area contributed by atoms with Gasteiger partial charge in [0.1, 0.15) is 0 Å². The molecule has 0 bridgehead atoms. The predicted molar refractivity (Wildman–Crippen MR) is 78.5 cm³/mol. The maximum absolute atomic E-state index is 12.7. The van der Waals surface area contributed by atoms with Crippen LogP contribution >= 0.6 is 0 Å². The van der Waals surface area contributed by atoms with Crippen molar-refractivity contribution >= 4 is 10.9 Å². The third kappa shape index (κ3) is 1.72. The van der Waals surface area contributed by atoms with Gasteiger partial charge in [0.15, 0.2) is 0 Å². The van der Waals surface area contributed by atoms with Crippen LogP contribution in [0.1, 0.15) is 31.7 Å². The summed E-state index contributed by atoms with van der Waals surface area (Å²) >= 11 is 0. The molecule has 2 aromatic rings. The first-order valence-corrected chi connectivity index (χ1v) is 7.05. The van der Waals surface area contributed by atoms with E-state index in [0.717, 1.165) is 29.3 Å². The fourth-order valence-electron chi connectivity index (χ4n) is 3.21. The van der Waals surface area contributed by atoms with Crippen molar-refractivity contribution in [2.45, 2.75) is 38.1 Å². The van der Waals surface area contributed by atoms with Crippen LogP contribution in [0.15, 0.2) is 35.1 Å². The quantitative estimate of drug-likeness (QED) is 0.916. The lowest BCUT2D eigenvalue weighted by molar-refractivity contribution is 0.250. The Hall–Kier alpha value is -1.61. The number of rotatable bonds is 3. The summed E-state index contributed by atoms with van der Waals surface area (Å²) in [6.45, 7) is 3.30. The molecule has 1 aromatic carbocycles. The summed E-state index contributed by atoms with van der Waals surface area (Å²) in [7, 11) is 0. The summed E-state index contributed by atoms with van der Waals surface area (Å²) in [5.74, 6) is 0. The molecule has 1 heterocycles. The Morgan fingerprint density at radius 3 is 2.63 bits per heavy atom. The second-order valence-corrected chi connectivity index (χ2v) is 5.50. The minimum Gasteiger partial charge on any atom is -0.330 e. The number of aromatic nitrogens is 1. The molecule has 19 heavy (non-hydrogen) atoms. The number of benzene rings is 1. The number of pyridine rings is 1. The maximum atomic E-state index is 12.7. The number of fused-ring (bicyclic) bond motifs is 1. The van der Waals surface area contributed by atoms with Gasteiger partial charge < -0.3 is 10.3 Å². The number of hydrogen-bond donors (Lipinski definition) is 1. The van der Waals surface area contributed by atoms with Gasteiger partial charge in [0, 0.05) is 24.1 Å². The monoisotopic (exact) mass is 256 g/mol. The third-order valence-electron chi connectivity index (χ3n) is 4.59. The molecule has 0 radical (unpaired) electrons. The zero-order chi connectivity index (χ0) is 13.5. The molecule has 0 saturated heterocycles. The second-order valence-electron chi connectivity index (χ2n) is 5.50. The predicted octanol–water partition coefficient (Wildman–Crippen LogP) is 2.40. The van der Waals surface area contributed by atoms with E-state index >= 15 is 0 Å². The molecule has 3 nitrogen and oxygen atoms in total. The summed E-state index contributed by atoms with van der Waals surface area (Å²) in [4.78, 5) is 12.7. The first-order valence-electron chi connectivity index (χ1n) is 7.05. The van der Waals surface area contributed by atoms with Crippen molar-refractivity contribution < 1.29 is 0 Å². The molecule has 0 amide bonds.